The van der Waals surface area contributed by atoms with Gasteiger partial charge in [-0.05, 0) is 61.4 Å². The maximum atomic E-state index is 12.9. The van der Waals surface area contributed by atoms with Crippen molar-refractivity contribution in [2.75, 3.05) is 6.61 Å². The monoisotopic (exact) mass is 550 g/mol. The van der Waals surface area contributed by atoms with E-state index in [-0.39, 0.29) is 12.2 Å². The van der Waals surface area contributed by atoms with E-state index in [1.165, 1.54) is 12.3 Å². The molecule has 1 N–H and O–H groups in total. The van der Waals surface area contributed by atoms with E-state index >= 15 is 0 Å². The van der Waals surface area contributed by atoms with Crippen molar-refractivity contribution in [1.82, 2.24) is 5.43 Å². The molecule has 0 fully saturated rings. The number of benzene rings is 3. The highest BCUT2D eigenvalue weighted by atomic mass is 35.5. The van der Waals surface area contributed by atoms with Gasteiger partial charge in [0.25, 0.3) is 5.91 Å². The number of allylic oxidation sites excluding steroid dienone is 1. The van der Waals surface area contributed by atoms with Crippen molar-refractivity contribution in [2.24, 2.45) is 5.10 Å². The highest BCUT2D eigenvalue weighted by Crippen LogP contribution is 2.35. The lowest BCUT2D eigenvalue weighted by Gasteiger charge is -2.17. The SMILES string of the molecule is C=CCc1cc(/C=N\NC(=O)c2cccc(C(F)(F)F)c2)cc(OCC)c1OCc1ccc(Cl)cc1Cl. The lowest BCUT2D eigenvalue weighted by atomic mass is 10.1. The van der Waals surface area contributed by atoms with Crippen molar-refractivity contribution in [3.8, 4) is 11.5 Å². The standard InChI is InChI=1S/C27H23Cl2F3N2O3/c1-3-6-18-11-17(15-33-34-26(35)19-7-5-8-21(13-19)27(30,31)32)12-24(36-4-2)25(18)37-16-20-9-10-22(28)14-23(20)29/h3,5,7-15H,1,4,6,16H2,2H3,(H,34,35)/b33-15-. The van der Waals surface area contributed by atoms with Crippen LogP contribution in [0.2, 0.25) is 10.0 Å². The normalized spacial score (nSPS) is 11.4. The molecule has 0 heterocycles. The molecular weight excluding hydrogens is 528 g/mol. The molecule has 0 bridgehead atoms. The second kappa shape index (κ2) is 12.7. The molecule has 0 spiro atoms. The van der Waals surface area contributed by atoms with Gasteiger partial charge in [-0.3, -0.25) is 4.79 Å². The molecule has 1 amide bonds. The van der Waals surface area contributed by atoms with Gasteiger partial charge in [-0.1, -0.05) is 41.4 Å². The number of hydrogen-bond acceptors (Lipinski definition) is 4. The van der Waals surface area contributed by atoms with E-state index in [0.717, 1.165) is 29.3 Å². The van der Waals surface area contributed by atoms with Gasteiger partial charge >= 0.3 is 6.18 Å². The first-order valence-electron chi connectivity index (χ1n) is 11.1. The molecule has 5 nitrogen and oxygen atoms in total. The first kappa shape index (κ1) is 28.1. The Kier molecular flexibility index (Phi) is 9.60. The molecule has 3 rings (SSSR count). The summed E-state index contributed by atoms with van der Waals surface area (Å²) in [7, 11) is 0. The molecule has 0 aliphatic carbocycles. The van der Waals surface area contributed by atoms with E-state index in [1.807, 2.05) is 6.92 Å². The van der Waals surface area contributed by atoms with Crippen LogP contribution in [-0.2, 0) is 19.2 Å². The maximum Gasteiger partial charge on any atom is 0.416 e. The Labute approximate surface area is 222 Å². The van der Waals surface area contributed by atoms with E-state index in [4.69, 9.17) is 32.7 Å². The molecule has 3 aromatic rings. The molecule has 194 valence electrons. The van der Waals surface area contributed by atoms with Gasteiger partial charge in [-0.15, -0.1) is 6.58 Å². The number of ether oxygens (including phenoxy) is 2. The number of amides is 1. The van der Waals surface area contributed by atoms with Crippen molar-refractivity contribution >= 4 is 35.3 Å². The second-order valence-electron chi connectivity index (χ2n) is 7.74. The number of carbonyl (C=O) groups excluding carboxylic acids is 1. The molecule has 3 aromatic carbocycles. The van der Waals surface area contributed by atoms with Crippen LogP contribution in [0.25, 0.3) is 0 Å². The number of hydrazone groups is 1. The number of rotatable bonds is 10. The molecule has 0 atom stereocenters. The summed E-state index contributed by atoms with van der Waals surface area (Å²) in [6.45, 7) is 6.13. The van der Waals surface area contributed by atoms with Crippen molar-refractivity contribution in [1.29, 1.82) is 0 Å². The molecule has 0 saturated carbocycles. The van der Waals surface area contributed by atoms with Crippen molar-refractivity contribution in [3.63, 3.8) is 0 Å². The highest BCUT2D eigenvalue weighted by molar-refractivity contribution is 6.35. The lowest BCUT2D eigenvalue weighted by Crippen LogP contribution is -2.18. The van der Waals surface area contributed by atoms with Gasteiger partial charge in [0.1, 0.15) is 6.61 Å². The quantitative estimate of drug-likeness (QED) is 0.162. The Morgan fingerprint density at radius 1 is 1.08 bits per heavy atom. The van der Waals surface area contributed by atoms with Gasteiger partial charge < -0.3 is 9.47 Å². The van der Waals surface area contributed by atoms with Crippen LogP contribution < -0.4 is 14.9 Å². The maximum absolute atomic E-state index is 12.9. The second-order valence-corrected chi connectivity index (χ2v) is 8.58. The van der Waals surface area contributed by atoms with Crippen LogP contribution in [0.3, 0.4) is 0 Å². The fourth-order valence-electron chi connectivity index (χ4n) is 3.35. The van der Waals surface area contributed by atoms with Crippen LogP contribution in [0, 0.1) is 0 Å². The minimum absolute atomic E-state index is 0.167. The summed E-state index contributed by atoms with van der Waals surface area (Å²) in [5.74, 6) is 0.161. The fraction of sp³-hybridized carbons (Fsp3) is 0.185. The van der Waals surface area contributed by atoms with E-state index in [1.54, 1.807) is 36.4 Å². The Morgan fingerprint density at radius 2 is 1.86 bits per heavy atom. The largest absolute Gasteiger partial charge is 0.490 e. The molecule has 0 saturated heterocycles. The Morgan fingerprint density at radius 3 is 2.54 bits per heavy atom. The summed E-state index contributed by atoms with van der Waals surface area (Å²) in [5, 5.41) is 4.88. The average molecular weight is 551 g/mol. The first-order valence-corrected chi connectivity index (χ1v) is 11.9. The van der Waals surface area contributed by atoms with E-state index in [0.29, 0.717) is 40.1 Å². The van der Waals surface area contributed by atoms with Gasteiger partial charge in [0.2, 0.25) is 0 Å². The zero-order valence-corrected chi connectivity index (χ0v) is 21.3. The number of halogens is 5. The van der Waals surface area contributed by atoms with Crippen LogP contribution >= 0.6 is 23.2 Å². The predicted molar refractivity (Wildman–Crippen MR) is 139 cm³/mol. The minimum Gasteiger partial charge on any atom is -0.490 e. The third kappa shape index (κ3) is 7.74. The van der Waals surface area contributed by atoms with Gasteiger partial charge in [0, 0.05) is 26.7 Å². The third-order valence-corrected chi connectivity index (χ3v) is 5.62. The third-order valence-electron chi connectivity index (χ3n) is 5.04. The van der Waals surface area contributed by atoms with Crippen LogP contribution in [0.5, 0.6) is 11.5 Å². The van der Waals surface area contributed by atoms with E-state index in [9.17, 15) is 18.0 Å². The van der Waals surface area contributed by atoms with Crippen LogP contribution in [-0.4, -0.2) is 18.7 Å². The Hall–Kier alpha value is -3.49. The zero-order valence-electron chi connectivity index (χ0n) is 19.7. The van der Waals surface area contributed by atoms with Gasteiger partial charge in [-0.2, -0.15) is 18.3 Å². The van der Waals surface area contributed by atoms with Gasteiger partial charge in [0.15, 0.2) is 11.5 Å². The number of nitrogens with one attached hydrogen (secondary N) is 1. The van der Waals surface area contributed by atoms with Crippen LogP contribution in [0.1, 0.15) is 39.5 Å². The molecule has 0 radical (unpaired) electrons. The summed E-state index contributed by atoms with van der Waals surface area (Å²) >= 11 is 12.2. The summed E-state index contributed by atoms with van der Waals surface area (Å²) in [6.07, 6.45) is -1.05. The smallest absolute Gasteiger partial charge is 0.416 e. The van der Waals surface area contributed by atoms with Gasteiger partial charge in [0.05, 0.1) is 18.4 Å². The first-order chi connectivity index (χ1) is 17.6. The molecule has 0 aromatic heterocycles. The van der Waals surface area contributed by atoms with Crippen LogP contribution in [0.15, 0.2) is 72.4 Å². The molecule has 0 unspecified atom stereocenters. The predicted octanol–water partition coefficient (Wildman–Crippen LogP) is 7.48. The fourth-order valence-corrected chi connectivity index (χ4v) is 3.81. The molecule has 10 heteroatoms. The van der Waals surface area contributed by atoms with Crippen molar-refractivity contribution < 1.29 is 27.4 Å². The topological polar surface area (TPSA) is 59.9 Å². The van der Waals surface area contributed by atoms with Crippen molar-refractivity contribution in [2.45, 2.75) is 26.1 Å². The zero-order chi connectivity index (χ0) is 27.0. The number of hydrogen-bond donors (Lipinski definition) is 1. The molecule has 0 aliphatic rings. The van der Waals surface area contributed by atoms with Crippen molar-refractivity contribution in [3.05, 3.63) is 105 Å². The molecule has 0 aliphatic heterocycles. The van der Waals surface area contributed by atoms with E-state index in [2.05, 4.69) is 17.1 Å². The summed E-state index contributed by atoms with van der Waals surface area (Å²) in [4.78, 5) is 12.3. The average Bonchev–Trinajstić information content (AvgIpc) is 2.84. The molecule has 37 heavy (non-hydrogen) atoms. The summed E-state index contributed by atoms with van der Waals surface area (Å²) < 4.78 is 50.6. The lowest BCUT2D eigenvalue weighted by molar-refractivity contribution is -0.137. The Balaban J connectivity index is 1.81. The summed E-state index contributed by atoms with van der Waals surface area (Å²) in [5.41, 5.74) is 3.21. The minimum atomic E-state index is -4.56. The number of carbonyl (C=O) groups is 1. The molecular formula is C27H23Cl2F3N2O3. The number of alkyl halides is 3. The van der Waals surface area contributed by atoms with E-state index < -0.39 is 17.6 Å². The summed E-state index contributed by atoms with van der Waals surface area (Å²) in [6, 6.07) is 12.7. The highest BCUT2D eigenvalue weighted by Gasteiger charge is 2.30. The Bertz CT molecular complexity index is 1310. The van der Waals surface area contributed by atoms with Crippen LogP contribution in [0.4, 0.5) is 13.2 Å². The number of nitrogens with zero attached hydrogens (tertiary/aromatic N) is 1. The van der Waals surface area contributed by atoms with Gasteiger partial charge in [-0.25, -0.2) is 5.43 Å².